The molecule has 1 aromatic heterocycles. The number of nitrogens with zero attached hydrogens (tertiary/aromatic N) is 1. The average Bonchev–Trinajstić information content (AvgIpc) is 3.26. The van der Waals surface area contributed by atoms with Crippen molar-refractivity contribution in [1.29, 1.82) is 0 Å². The summed E-state index contributed by atoms with van der Waals surface area (Å²) in [5, 5.41) is 0. The number of allylic oxidation sites excluding steroid dienone is 4. The van der Waals surface area contributed by atoms with Crippen molar-refractivity contribution >= 4 is 17.5 Å². The third kappa shape index (κ3) is 3.93. The number of aryl methyl sites for hydroxylation is 1. The Labute approximate surface area is 259 Å². The van der Waals surface area contributed by atoms with Crippen molar-refractivity contribution in [1.82, 2.24) is 0 Å². The third-order valence-electron chi connectivity index (χ3n) is 13.4. The molecule has 1 heterocycles. The van der Waals surface area contributed by atoms with Crippen LogP contribution >= 0.6 is 0 Å². The zero-order valence-corrected chi connectivity index (χ0v) is 27.3. The molecule has 5 aliphatic carbocycles. The summed E-state index contributed by atoms with van der Waals surface area (Å²) in [6.07, 6.45) is 8.89. The van der Waals surface area contributed by atoms with Crippen LogP contribution in [-0.4, -0.2) is 17.5 Å². The fraction of sp³-hybridized carbons (Fsp3) is 0.694. The second-order valence-electron chi connectivity index (χ2n) is 16.4. The van der Waals surface area contributed by atoms with Crippen LogP contribution in [0.5, 0.6) is 0 Å². The Bertz CT molecular complexity index is 1630. The van der Waals surface area contributed by atoms with Crippen LogP contribution in [-0.2, 0) is 25.7 Å². The molecule has 0 aromatic carbocycles. The SMILES string of the molecule is [C-]#[N+]C1=C[C@]2(C)C3=CC(=O)C4C5CC(C)(C)CC[C@]5(C(=O)OCc5oc(=O)oc5C)CC[C@@]4(C)[C@]3(C)CC[C@H]2C(C)(C)C1=O. The van der Waals surface area contributed by atoms with Gasteiger partial charge < -0.3 is 18.4 Å². The van der Waals surface area contributed by atoms with Crippen molar-refractivity contribution in [3.63, 3.8) is 0 Å². The summed E-state index contributed by atoms with van der Waals surface area (Å²) in [6.45, 7) is 24.2. The van der Waals surface area contributed by atoms with Gasteiger partial charge in [-0.2, -0.15) is 0 Å². The maximum Gasteiger partial charge on any atom is 0.519 e. The summed E-state index contributed by atoms with van der Waals surface area (Å²) in [7, 11) is 0. The number of esters is 1. The maximum atomic E-state index is 14.6. The molecule has 8 nitrogen and oxygen atoms in total. The predicted octanol–water partition coefficient (Wildman–Crippen LogP) is 7.16. The summed E-state index contributed by atoms with van der Waals surface area (Å²) < 4.78 is 15.9. The Morgan fingerprint density at radius 2 is 1.68 bits per heavy atom. The van der Waals surface area contributed by atoms with Gasteiger partial charge in [0.25, 0.3) is 0 Å². The van der Waals surface area contributed by atoms with E-state index in [1.807, 2.05) is 26.0 Å². The topological polar surface area (TPSA) is 108 Å². The molecule has 2 unspecified atom stereocenters. The van der Waals surface area contributed by atoms with Gasteiger partial charge >= 0.3 is 11.8 Å². The van der Waals surface area contributed by atoms with Gasteiger partial charge in [-0.25, -0.2) is 9.64 Å². The van der Waals surface area contributed by atoms with E-state index in [1.54, 1.807) is 6.92 Å². The quantitative estimate of drug-likeness (QED) is 0.266. The van der Waals surface area contributed by atoms with Gasteiger partial charge in [-0.3, -0.25) is 9.59 Å². The fourth-order valence-electron chi connectivity index (χ4n) is 10.7. The van der Waals surface area contributed by atoms with Crippen LogP contribution in [0.4, 0.5) is 0 Å². The van der Waals surface area contributed by atoms with Crippen molar-refractivity contribution in [2.45, 2.75) is 107 Å². The van der Waals surface area contributed by atoms with Gasteiger partial charge in [0.1, 0.15) is 0 Å². The molecule has 0 saturated heterocycles. The van der Waals surface area contributed by atoms with E-state index in [2.05, 4.69) is 39.5 Å². The molecule has 0 spiro atoms. The highest BCUT2D eigenvalue weighted by Crippen LogP contribution is 2.74. The van der Waals surface area contributed by atoms with E-state index in [1.165, 1.54) is 0 Å². The van der Waals surface area contributed by atoms with Crippen LogP contribution in [0.2, 0.25) is 0 Å². The molecule has 5 aliphatic rings. The number of carbonyl (C=O) groups excluding carboxylic acids is 3. The standard InChI is InChI=1S/C36H45NO7/c1-20-24(44-30(41)43-20)19-42-29(40)36-14-12-31(2,3)17-21(36)27-23(38)16-26-33(6)18-22(37-9)28(39)32(4,5)25(33)10-11-34(26,7)35(27,8)13-15-36/h16,18,21,25,27H,10-15,17,19H2,1-8H3/t21?,25-,27?,33-,34+,35+,36-/m0/s1. The minimum absolute atomic E-state index is 0.0158. The van der Waals surface area contributed by atoms with Crippen LogP contribution in [0.1, 0.15) is 105 Å². The van der Waals surface area contributed by atoms with Crippen LogP contribution in [0, 0.1) is 63.7 Å². The monoisotopic (exact) mass is 603 g/mol. The Kier molecular flexibility index (Phi) is 6.58. The first kappa shape index (κ1) is 30.8. The Balaban J connectivity index is 1.44. The summed E-state index contributed by atoms with van der Waals surface area (Å²) in [5.41, 5.74) is -1.73. The predicted molar refractivity (Wildman–Crippen MR) is 162 cm³/mol. The second-order valence-corrected chi connectivity index (χ2v) is 16.4. The number of Topliss-reactive ketones (excluding diaryl/α,β-unsaturated/α-hetero) is 1. The zero-order valence-electron chi connectivity index (χ0n) is 27.3. The summed E-state index contributed by atoms with van der Waals surface area (Å²) in [6, 6.07) is 0. The molecule has 0 N–H and O–H groups in total. The molecule has 1 aromatic rings. The molecular weight excluding hydrogens is 558 g/mol. The molecule has 0 aliphatic heterocycles. The van der Waals surface area contributed by atoms with Crippen molar-refractivity contribution in [3.8, 4) is 0 Å². The largest absolute Gasteiger partial charge is 0.519 e. The fourth-order valence-corrected chi connectivity index (χ4v) is 10.7. The lowest BCUT2D eigenvalue weighted by Crippen LogP contribution is -2.65. The van der Waals surface area contributed by atoms with Crippen LogP contribution in [0.15, 0.2) is 37.1 Å². The molecule has 6 rings (SSSR count). The second kappa shape index (κ2) is 9.40. The van der Waals surface area contributed by atoms with E-state index in [9.17, 15) is 19.2 Å². The summed E-state index contributed by atoms with van der Waals surface area (Å²) in [4.78, 5) is 57.3. The molecule has 0 radical (unpaired) electrons. The average molecular weight is 604 g/mol. The normalized spacial score (nSPS) is 40.3. The van der Waals surface area contributed by atoms with Crippen molar-refractivity contribution in [3.05, 3.63) is 57.0 Å². The summed E-state index contributed by atoms with van der Waals surface area (Å²) in [5.74, 6) is -1.32. The highest BCUT2D eigenvalue weighted by molar-refractivity contribution is 6.03. The molecule has 3 saturated carbocycles. The molecular formula is C36H45NO7. The van der Waals surface area contributed by atoms with Gasteiger partial charge in [0.2, 0.25) is 5.70 Å². The highest BCUT2D eigenvalue weighted by Gasteiger charge is 2.71. The smallest absolute Gasteiger partial charge is 0.457 e. The molecule has 236 valence electrons. The minimum atomic E-state index is -0.825. The lowest BCUT2D eigenvalue weighted by molar-refractivity contribution is -0.194. The van der Waals surface area contributed by atoms with Crippen LogP contribution in [0.25, 0.3) is 4.85 Å². The number of ketones is 2. The number of rotatable bonds is 3. The number of hydrogen-bond donors (Lipinski definition) is 0. The van der Waals surface area contributed by atoms with Crippen molar-refractivity contribution in [2.24, 2.45) is 50.2 Å². The van der Waals surface area contributed by atoms with Crippen molar-refractivity contribution < 1.29 is 28.0 Å². The molecule has 8 heteroatoms. The van der Waals surface area contributed by atoms with Crippen LogP contribution < -0.4 is 5.82 Å². The van der Waals surface area contributed by atoms with Gasteiger partial charge in [-0.05, 0) is 86.0 Å². The first-order chi connectivity index (χ1) is 20.4. The zero-order chi connectivity index (χ0) is 32.3. The lowest BCUT2D eigenvalue weighted by Gasteiger charge is -2.68. The molecule has 44 heavy (non-hydrogen) atoms. The van der Waals surface area contributed by atoms with Gasteiger partial charge in [-0.15, -0.1) is 0 Å². The van der Waals surface area contributed by atoms with E-state index in [0.29, 0.717) is 19.3 Å². The van der Waals surface area contributed by atoms with Gasteiger partial charge in [0, 0.05) is 16.7 Å². The van der Waals surface area contributed by atoms with E-state index >= 15 is 0 Å². The van der Waals surface area contributed by atoms with Crippen LogP contribution in [0.3, 0.4) is 0 Å². The first-order valence-corrected chi connectivity index (χ1v) is 16.0. The van der Waals surface area contributed by atoms with E-state index in [4.69, 9.17) is 20.1 Å². The highest BCUT2D eigenvalue weighted by atomic mass is 16.6. The number of ether oxygens (including phenoxy) is 1. The summed E-state index contributed by atoms with van der Waals surface area (Å²) >= 11 is 0. The van der Waals surface area contributed by atoms with E-state index in [-0.39, 0.29) is 69.9 Å². The van der Waals surface area contributed by atoms with Crippen molar-refractivity contribution in [2.75, 3.05) is 0 Å². The van der Waals surface area contributed by atoms with Gasteiger partial charge in [0.05, 0.1) is 12.0 Å². The lowest BCUT2D eigenvalue weighted by atomic mass is 9.34. The van der Waals surface area contributed by atoms with E-state index in [0.717, 1.165) is 31.3 Å². The molecule has 0 amide bonds. The Morgan fingerprint density at radius 3 is 2.32 bits per heavy atom. The number of hydrogen-bond acceptors (Lipinski definition) is 7. The maximum absolute atomic E-state index is 14.6. The van der Waals surface area contributed by atoms with Gasteiger partial charge in [0.15, 0.2) is 29.7 Å². The van der Waals surface area contributed by atoms with E-state index < -0.39 is 27.5 Å². The van der Waals surface area contributed by atoms with Gasteiger partial charge in [-0.1, -0.05) is 60.1 Å². The third-order valence-corrected chi connectivity index (χ3v) is 13.4. The molecule has 7 atom stereocenters. The number of fused-ring (bicyclic) bond motifs is 7. The first-order valence-electron chi connectivity index (χ1n) is 16.0. The number of carbonyl (C=O) groups is 3. The Hall–Kier alpha value is -3.21. The molecule has 3 fully saturated rings. The minimum Gasteiger partial charge on any atom is -0.457 e. The Morgan fingerprint density at radius 1 is 1.00 bits per heavy atom. The molecule has 0 bridgehead atoms.